The van der Waals surface area contributed by atoms with Crippen molar-refractivity contribution in [2.45, 2.75) is 26.1 Å². The fourth-order valence-electron chi connectivity index (χ4n) is 2.33. The highest BCUT2D eigenvalue weighted by Crippen LogP contribution is 2.17. The molecule has 1 fully saturated rings. The van der Waals surface area contributed by atoms with Crippen molar-refractivity contribution in [2.75, 3.05) is 13.1 Å². The lowest BCUT2D eigenvalue weighted by atomic mass is 10.1. The normalized spacial score (nSPS) is 14.9. The summed E-state index contributed by atoms with van der Waals surface area (Å²) in [6.45, 7) is 3.09. The zero-order valence-corrected chi connectivity index (χ0v) is 12.3. The number of carbonyl (C=O) groups excluding carboxylic acids is 1. The van der Waals surface area contributed by atoms with E-state index >= 15 is 0 Å². The Labute approximate surface area is 127 Å². The van der Waals surface area contributed by atoms with E-state index in [-0.39, 0.29) is 30.9 Å². The van der Waals surface area contributed by atoms with Crippen LogP contribution in [0.15, 0.2) is 34.9 Å². The summed E-state index contributed by atoms with van der Waals surface area (Å²) in [6, 6.07) is 8.28. The van der Waals surface area contributed by atoms with E-state index in [1.807, 2.05) is 6.92 Å². The molecule has 0 atom stereocenters. The number of likely N-dealkylation sites (tertiary alicyclic amines) is 1. The van der Waals surface area contributed by atoms with Crippen molar-refractivity contribution in [3.8, 4) is 0 Å². The molecule has 6 heteroatoms. The van der Waals surface area contributed by atoms with Crippen LogP contribution in [0.2, 0.25) is 0 Å². The summed E-state index contributed by atoms with van der Waals surface area (Å²) in [5.41, 5.74) is 1.29. The quantitative estimate of drug-likeness (QED) is 0.849. The molecule has 0 radical (unpaired) electrons. The monoisotopic (exact) mass is 304 g/mol. The highest BCUT2D eigenvalue weighted by Gasteiger charge is 2.31. The molecule has 0 spiro atoms. The van der Waals surface area contributed by atoms with Gasteiger partial charge in [0.25, 0.3) is 0 Å². The van der Waals surface area contributed by atoms with Gasteiger partial charge >= 0.3 is 0 Å². The molecule has 0 N–H and O–H groups in total. The van der Waals surface area contributed by atoms with Gasteiger partial charge in [0.15, 0.2) is 0 Å². The van der Waals surface area contributed by atoms with Crippen LogP contribution in [0.4, 0.5) is 4.39 Å². The number of aryl methyl sites for hydroxylation is 1. The molecular formula is C16H17FN2O3. The van der Waals surface area contributed by atoms with Crippen molar-refractivity contribution < 1.29 is 18.4 Å². The second kappa shape index (κ2) is 6.27. The van der Waals surface area contributed by atoms with Gasteiger partial charge in [-0.15, -0.1) is 0 Å². The number of carbonyl (C=O) groups is 1. The van der Waals surface area contributed by atoms with Crippen LogP contribution in [0, 0.1) is 12.7 Å². The molecule has 1 aliphatic rings. The van der Waals surface area contributed by atoms with E-state index in [1.165, 1.54) is 6.07 Å². The van der Waals surface area contributed by atoms with Gasteiger partial charge in [0.2, 0.25) is 5.91 Å². The maximum absolute atomic E-state index is 13.5. The van der Waals surface area contributed by atoms with Crippen molar-refractivity contribution in [3.05, 3.63) is 53.2 Å². The molecule has 5 nitrogen and oxygen atoms in total. The van der Waals surface area contributed by atoms with Crippen LogP contribution in [0.5, 0.6) is 0 Å². The number of rotatable bonds is 5. The predicted molar refractivity (Wildman–Crippen MR) is 76.5 cm³/mol. The van der Waals surface area contributed by atoms with Crippen molar-refractivity contribution in [3.63, 3.8) is 0 Å². The third-order valence-electron chi connectivity index (χ3n) is 3.64. The molecule has 2 heterocycles. The van der Waals surface area contributed by atoms with Crippen LogP contribution < -0.4 is 0 Å². The number of hydrogen-bond acceptors (Lipinski definition) is 4. The first-order valence-electron chi connectivity index (χ1n) is 7.17. The number of ether oxygens (including phenoxy) is 1. The fraction of sp³-hybridized carbons (Fsp3) is 0.375. The van der Waals surface area contributed by atoms with E-state index in [1.54, 1.807) is 29.2 Å². The zero-order chi connectivity index (χ0) is 15.5. The van der Waals surface area contributed by atoms with Crippen LogP contribution in [-0.4, -0.2) is 35.2 Å². The van der Waals surface area contributed by atoms with Gasteiger partial charge in [0.05, 0.1) is 24.8 Å². The van der Waals surface area contributed by atoms with Crippen molar-refractivity contribution in [1.29, 1.82) is 0 Å². The van der Waals surface area contributed by atoms with Gasteiger partial charge in [-0.3, -0.25) is 4.79 Å². The van der Waals surface area contributed by atoms with Crippen LogP contribution in [-0.2, 0) is 22.6 Å². The average molecular weight is 304 g/mol. The Morgan fingerprint density at radius 2 is 2.23 bits per heavy atom. The van der Waals surface area contributed by atoms with Gasteiger partial charge in [-0.25, -0.2) is 4.39 Å². The number of aromatic nitrogens is 1. The SMILES string of the molecule is Cc1cc(CC(=O)N2CC(OCc3ccccc3F)C2)on1. The summed E-state index contributed by atoms with van der Waals surface area (Å²) in [5.74, 6) is 0.288. The Balaban J connectivity index is 1.42. The summed E-state index contributed by atoms with van der Waals surface area (Å²) in [7, 11) is 0. The molecule has 1 aromatic carbocycles. The predicted octanol–water partition coefficient (Wildman–Crippen LogP) is 2.09. The third-order valence-corrected chi connectivity index (χ3v) is 3.64. The third kappa shape index (κ3) is 3.33. The topological polar surface area (TPSA) is 55.6 Å². The summed E-state index contributed by atoms with van der Waals surface area (Å²) < 4.78 is 24.1. The van der Waals surface area contributed by atoms with E-state index in [2.05, 4.69) is 5.16 Å². The molecule has 116 valence electrons. The van der Waals surface area contributed by atoms with Crippen LogP contribution >= 0.6 is 0 Å². The molecule has 22 heavy (non-hydrogen) atoms. The van der Waals surface area contributed by atoms with Gasteiger partial charge in [0.1, 0.15) is 11.6 Å². The fourth-order valence-corrected chi connectivity index (χ4v) is 2.33. The molecule has 2 aromatic rings. The molecule has 1 saturated heterocycles. The molecule has 0 unspecified atom stereocenters. The molecular weight excluding hydrogens is 287 g/mol. The summed E-state index contributed by atoms with van der Waals surface area (Å²) in [5, 5.41) is 3.75. The first kappa shape index (κ1) is 14.7. The minimum absolute atomic E-state index is 0.0121. The maximum Gasteiger partial charge on any atom is 0.230 e. The van der Waals surface area contributed by atoms with Crippen molar-refractivity contribution in [1.82, 2.24) is 10.1 Å². The summed E-state index contributed by atoms with van der Waals surface area (Å²) in [6.07, 6.45) is 0.168. The molecule has 1 amide bonds. The standard InChI is InChI=1S/C16H17FN2O3/c1-11-6-13(22-18-11)7-16(20)19-8-14(9-19)21-10-12-4-2-3-5-15(12)17/h2-6,14H,7-10H2,1H3. The molecule has 3 rings (SSSR count). The lowest BCUT2D eigenvalue weighted by Crippen LogP contribution is -2.55. The molecule has 0 aliphatic carbocycles. The first-order chi connectivity index (χ1) is 10.6. The lowest BCUT2D eigenvalue weighted by molar-refractivity contribution is -0.145. The van der Waals surface area contributed by atoms with E-state index in [4.69, 9.17) is 9.26 Å². The van der Waals surface area contributed by atoms with Crippen LogP contribution in [0.3, 0.4) is 0 Å². The number of nitrogens with zero attached hydrogens (tertiary/aromatic N) is 2. The van der Waals surface area contributed by atoms with Crippen LogP contribution in [0.25, 0.3) is 0 Å². The highest BCUT2D eigenvalue weighted by atomic mass is 19.1. The Hall–Kier alpha value is -2.21. The summed E-state index contributed by atoms with van der Waals surface area (Å²) >= 11 is 0. The second-order valence-corrected chi connectivity index (χ2v) is 5.43. The number of halogens is 1. The number of hydrogen-bond donors (Lipinski definition) is 0. The maximum atomic E-state index is 13.5. The largest absolute Gasteiger partial charge is 0.370 e. The summed E-state index contributed by atoms with van der Waals surface area (Å²) in [4.78, 5) is 13.7. The minimum atomic E-state index is -0.268. The Kier molecular flexibility index (Phi) is 4.20. The molecule has 1 aliphatic heterocycles. The smallest absolute Gasteiger partial charge is 0.230 e. The van der Waals surface area contributed by atoms with Crippen molar-refractivity contribution >= 4 is 5.91 Å². The minimum Gasteiger partial charge on any atom is -0.370 e. The van der Waals surface area contributed by atoms with E-state index in [0.717, 1.165) is 5.69 Å². The van der Waals surface area contributed by atoms with Gasteiger partial charge in [0, 0.05) is 24.7 Å². The second-order valence-electron chi connectivity index (χ2n) is 5.43. The molecule has 0 saturated carbocycles. The van der Waals surface area contributed by atoms with Crippen LogP contribution in [0.1, 0.15) is 17.0 Å². The Morgan fingerprint density at radius 1 is 1.45 bits per heavy atom. The van der Waals surface area contributed by atoms with E-state index < -0.39 is 0 Å². The van der Waals surface area contributed by atoms with Gasteiger partial charge in [-0.05, 0) is 13.0 Å². The number of benzene rings is 1. The van der Waals surface area contributed by atoms with Crippen molar-refractivity contribution in [2.24, 2.45) is 0 Å². The molecule has 1 aromatic heterocycles. The number of amides is 1. The van der Waals surface area contributed by atoms with Gasteiger partial charge in [-0.1, -0.05) is 23.4 Å². The van der Waals surface area contributed by atoms with Gasteiger partial charge in [-0.2, -0.15) is 0 Å². The highest BCUT2D eigenvalue weighted by molar-refractivity contribution is 5.79. The van der Waals surface area contributed by atoms with Gasteiger partial charge < -0.3 is 14.2 Å². The molecule has 0 bridgehead atoms. The average Bonchev–Trinajstić information content (AvgIpc) is 2.84. The Morgan fingerprint density at radius 3 is 2.91 bits per heavy atom. The first-order valence-corrected chi connectivity index (χ1v) is 7.17. The van der Waals surface area contributed by atoms with E-state index in [9.17, 15) is 9.18 Å². The Bertz CT molecular complexity index is 665. The lowest BCUT2D eigenvalue weighted by Gasteiger charge is -2.38. The van der Waals surface area contributed by atoms with E-state index in [0.29, 0.717) is 24.4 Å². The zero-order valence-electron chi connectivity index (χ0n) is 12.3.